The number of oxazole rings is 1. The fraction of sp³-hybridized carbons (Fsp3) is 0.188. The largest absolute Gasteiger partial charge is 0.433 e. The molecule has 2 aromatic heterocycles. The van der Waals surface area contributed by atoms with Gasteiger partial charge in [0.25, 0.3) is 0 Å². The Kier molecular flexibility index (Phi) is 4.97. The average Bonchev–Trinajstić information content (AvgIpc) is 2.99. The van der Waals surface area contributed by atoms with Crippen LogP contribution in [0.2, 0.25) is 0 Å². The Morgan fingerprint density at radius 3 is 3.04 bits per heavy atom. The van der Waals surface area contributed by atoms with Crippen molar-refractivity contribution >= 4 is 50.5 Å². The van der Waals surface area contributed by atoms with Crippen molar-refractivity contribution < 1.29 is 9.21 Å². The highest BCUT2D eigenvalue weighted by atomic mass is 79.9. The van der Waals surface area contributed by atoms with Crippen LogP contribution in [0.1, 0.15) is 6.92 Å². The summed E-state index contributed by atoms with van der Waals surface area (Å²) in [6, 6.07) is 9.23. The van der Waals surface area contributed by atoms with Gasteiger partial charge >= 0.3 is 0 Å². The molecular weight excluding hydrogens is 378 g/mol. The Balaban J connectivity index is 1.86. The van der Waals surface area contributed by atoms with Crippen LogP contribution in [-0.2, 0) is 4.79 Å². The van der Waals surface area contributed by atoms with E-state index >= 15 is 0 Å². The molecule has 0 saturated heterocycles. The molecule has 0 spiro atoms. The minimum absolute atomic E-state index is 0.0176. The zero-order valence-electron chi connectivity index (χ0n) is 12.4. The molecule has 0 atom stereocenters. The molecular formula is C16H14BrN3O2S. The highest BCUT2D eigenvalue weighted by molar-refractivity contribution is 9.10. The van der Waals surface area contributed by atoms with E-state index in [-0.39, 0.29) is 5.91 Å². The van der Waals surface area contributed by atoms with Gasteiger partial charge in [-0.1, -0.05) is 13.0 Å². The molecule has 1 N–H and O–H groups in total. The van der Waals surface area contributed by atoms with Gasteiger partial charge < -0.3 is 9.73 Å². The smallest absolute Gasteiger partial charge is 0.234 e. The minimum atomic E-state index is -0.0176. The van der Waals surface area contributed by atoms with Crippen molar-refractivity contribution in [2.75, 3.05) is 16.8 Å². The second kappa shape index (κ2) is 7.14. The lowest BCUT2D eigenvalue weighted by Gasteiger charge is -2.05. The fourth-order valence-electron chi connectivity index (χ4n) is 2.05. The first-order valence-corrected chi connectivity index (χ1v) is 9.01. The Labute approximate surface area is 146 Å². The normalized spacial score (nSPS) is 10.9. The molecule has 3 rings (SSSR count). The maximum Gasteiger partial charge on any atom is 0.234 e. The third kappa shape index (κ3) is 3.73. The molecule has 1 amide bonds. The van der Waals surface area contributed by atoms with Crippen molar-refractivity contribution in [1.29, 1.82) is 0 Å². The van der Waals surface area contributed by atoms with Crippen LogP contribution in [0.3, 0.4) is 0 Å². The number of rotatable bonds is 5. The predicted molar refractivity (Wildman–Crippen MR) is 96.6 cm³/mol. The number of aromatic nitrogens is 2. The second-order valence-electron chi connectivity index (χ2n) is 4.73. The van der Waals surface area contributed by atoms with E-state index in [0.717, 1.165) is 21.5 Å². The van der Waals surface area contributed by atoms with Gasteiger partial charge in [0.05, 0.1) is 10.2 Å². The Morgan fingerprint density at radius 2 is 2.26 bits per heavy atom. The minimum Gasteiger partial charge on any atom is -0.433 e. The van der Waals surface area contributed by atoms with E-state index < -0.39 is 0 Å². The summed E-state index contributed by atoms with van der Waals surface area (Å²) in [5.74, 6) is 1.81. The van der Waals surface area contributed by atoms with Crippen LogP contribution in [0.25, 0.3) is 22.7 Å². The number of nitrogens with one attached hydrogen (secondary N) is 1. The number of benzene rings is 1. The number of anilines is 1. The molecule has 0 radical (unpaired) electrons. The summed E-state index contributed by atoms with van der Waals surface area (Å²) in [5, 5.41) is 2.88. The summed E-state index contributed by atoms with van der Waals surface area (Å²) in [5.41, 5.74) is 2.66. The molecule has 2 heterocycles. The number of halogens is 1. The third-order valence-corrected chi connectivity index (χ3v) is 4.57. The van der Waals surface area contributed by atoms with Crippen molar-refractivity contribution in [3.63, 3.8) is 0 Å². The molecule has 1 aromatic carbocycles. The molecule has 5 nitrogen and oxygen atoms in total. The maximum absolute atomic E-state index is 11.8. The Bertz CT molecular complexity index is 850. The molecule has 0 saturated carbocycles. The maximum atomic E-state index is 11.8. The molecule has 0 aliphatic carbocycles. The van der Waals surface area contributed by atoms with Gasteiger partial charge in [-0.2, -0.15) is 16.7 Å². The molecule has 0 bridgehead atoms. The average molecular weight is 392 g/mol. The first kappa shape index (κ1) is 16.0. The highest BCUT2D eigenvalue weighted by Gasteiger charge is 2.12. The number of amides is 1. The standard InChI is InChI=1S/C16H14BrN3O2S/c1-2-23-9-13(21)19-11-5-3-4-10(8-11)16-20-15-14(22-16)12(17)6-7-18-15/h3-8H,2,9H2,1H3,(H,19,21). The van der Waals surface area contributed by atoms with Crippen molar-refractivity contribution in [2.24, 2.45) is 0 Å². The lowest BCUT2D eigenvalue weighted by Crippen LogP contribution is -2.14. The van der Waals surface area contributed by atoms with E-state index in [1.54, 1.807) is 24.0 Å². The number of carbonyl (C=O) groups excluding carboxylic acids is 1. The number of nitrogens with zero attached hydrogens (tertiary/aromatic N) is 2. The van der Waals surface area contributed by atoms with Crippen LogP contribution < -0.4 is 5.32 Å². The van der Waals surface area contributed by atoms with Crippen LogP contribution >= 0.6 is 27.7 Å². The van der Waals surface area contributed by atoms with Gasteiger partial charge in [-0.3, -0.25) is 4.79 Å². The van der Waals surface area contributed by atoms with Crippen LogP contribution in [0, 0.1) is 0 Å². The number of thioether (sulfide) groups is 1. The summed E-state index contributed by atoms with van der Waals surface area (Å²) >= 11 is 5.01. The third-order valence-electron chi connectivity index (χ3n) is 3.07. The lowest BCUT2D eigenvalue weighted by molar-refractivity contribution is -0.113. The molecule has 3 aromatic rings. The van der Waals surface area contributed by atoms with E-state index in [2.05, 4.69) is 31.2 Å². The molecule has 7 heteroatoms. The van der Waals surface area contributed by atoms with Crippen molar-refractivity contribution in [3.05, 3.63) is 41.0 Å². The summed E-state index contributed by atoms with van der Waals surface area (Å²) < 4.78 is 6.58. The Hall–Kier alpha value is -1.86. The van der Waals surface area contributed by atoms with Gasteiger partial charge in [0, 0.05) is 17.4 Å². The van der Waals surface area contributed by atoms with Gasteiger partial charge in [-0.05, 0) is 45.9 Å². The number of fused-ring (bicyclic) bond motifs is 1. The zero-order chi connectivity index (χ0) is 16.2. The highest BCUT2D eigenvalue weighted by Crippen LogP contribution is 2.29. The van der Waals surface area contributed by atoms with E-state index in [9.17, 15) is 4.79 Å². The number of pyridine rings is 1. The number of hydrogen-bond donors (Lipinski definition) is 1. The molecule has 23 heavy (non-hydrogen) atoms. The number of hydrogen-bond acceptors (Lipinski definition) is 5. The summed E-state index contributed by atoms with van der Waals surface area (Å²) in [4.78, 5) is 20.4. The van der Waals surface area contributed by atoms with Crippen molar-refractivity contribution in [2.45, 2.75) is 6.92 Å². The van der Waals surface area contributed by atoms with Crippen LogP contribution in [0.5, 0.6) is 0 Å². The monoisotopic (exact) mass is 391 g/mol. The van der Waals surface area contributed by atoms with Gasteiger partial charge in [0.1, 0.15) is 0 Å². The SMILES string of the molecule is CCSCC(=O)Nc1cccc(-c2nc3nccc(Br)c3o2)c1. The van der Waals surface area contributed by atoms with Crippen LogP contribution in [0.4, 0.5) is 5.69 Å². The number of carbonyl (C=O) groups is 1. The predicted octanol–water partition coefficient (Wildman–Crippen LogP) is 4.34. The van der Waals surface area contributed by atoms with Gasteiger partial charge in [0.2, 0.25) is 11.8 Å². The van der Waals surface area contributed by atoms with Crippen molar-refractivity contribution in [1.82, 2.24) is 9.97 Å². The van der Waals surface area contributed by atoms with E-state index in [1.165, 1.54) is 0 Å². The first-order valence-electron chi connectivity index (χ1n) is 7.06. The second-order valence-corrected chi connectivity index (χ2v) is 6.86. The molecule has 0 aliphatic rings. The van der Waals surface area contributed by atoms with E-state index in [4.69, 9.17) is 4.42 Å². The van der Waals surface area contributed by atoms with Crippen LogP contribution in [-0.4, -0.2) is 27.4 Å². The summed E-state index contributed by atoms with van der Waals surface area (Å²) in [7, 11) is 0. The summed E-state index contributed by atoms with van der Waals surface area (Å²) in [6.45, 7) is 2.03. The van der Waals surface area contributed by atoms with E-state index in [0.29, 0.717) is 22.9 Å². The molecule has 0 unspecified atom stereocenters. The van der Waals surface area contributed by atoms with Gasteiger partial charge in [-0.15, -0.1) is 0 Å². The van der Waals surface area contributed by atoms with E-state index in [1.807, 2.05) is 31.2 Å². The van der Waals surface area contributed by atoms with Gasteiger partial charge in [-0.25, -0.2) is 4.98 Å². The quantitative estimate of drug-likeness (QED) is 0.700. The molecule has 118 valence electrons. The topological polar surface area (TPSA) is 68.0 Å². The lowest BCUT2D eigenvalue weighted by atomic mass is 10.2. The fourth-order valence-corrected chi connectivity index (χ4v) is 2.89. The van der Waals surface area contributed by atoms with Crippen LogP contribution in [0.15, 0.2) is 45.4 Å². The summed E-state index contributed by atoms with van der Waals surface area (Å²) in [6.07, 6.45) is 1.67. The molecule has 0 aliphatic heterocycles. The molecule has 0 fully saturated rings. The Morgan fingerprint density at radius 1 is 1.39 bits per heavy atom. The zero-order valence-corrected chi connectivity index (χ0v) is 14.8. The first-order chi connectivity index (χ1) is 11.2. The van der Waals surface area contributed by atoms with Gasteiger partial charge in [0.15, 0.2) is 11.2 Å². The van der Waals surface area contributed by atoms with Crippen molar-refractivity contribution in [3.8, 4) is 11.5 Å².